The van der Waals surface area contributed by atoms with Crippen LogP contribution in [-0.2, 0) is 14.3 Å². The summed E-state index contributed by atoms with van der Waals surface area (Å²) in [5.41, 5.74) is 0. The van der Waals surface area contributed by atoms with Crippen molar-refractivity contribution in [3.8, 4) is 0 Å². The second kappa shape index (κ2) is 56.9. The summed E-state index contributed by atoms with van der Waals surface area (Å²) < 4.78 is 5.48. The molecule has 0 rings (SSSR count). The summed E-state index contributed by atoms with van der Waals surface area (Å²) in [6.45, 7) is 4.90. The monoisotopic (exact) mass is 944 g/mol. The van der Waals surface area contributed by atoms with E-state index in [0.717, 1.165) is 57.8 Å². The maximum Gasteiger partial charge on any atom is 0.305 e. The molecule has 6 nitrogen and oxygen atoms in total. The van der Waals surface area contributed by atoms with E-state index in [-0.39, 0.29) is 18.5 Å². The van der Waals surface area contributed by atoms with Gasteiger partial charge in [0.1, 0.15) is 0 Å². The molecule has 396 valence electrons. The average molecular weight is 945 g/mol. The first-order chi connectivity index (χ1) is 33.0. The van der Waals surface area contributed by atoms with E-state index >= 15 is 0 Å². The van der Waals surface area contributed by atoms with E-state index in [2.05, 4.69) is 31.3 Å². The number of allylic oxidation sites excluding steroid dienone is 3. The Morgan fingerprint density at radius 1 is 0.403 bits per heavy atom. The maximum atomic E-state index is 12.5. The summed E-state index contributed by atoms with van der Waals surface area (Å²) in [5.74, 6) is -0.0862. The van der Waals surface area contributed by atoms with Crippen LogP contribution in [0.1, 0.15) is 328 Å². The highest BCUT2D eigenvalue weighted by Crippen LogP contribution is 2.17. The van der Waals surface area contributed by atoms with Crippen LogP contribution in [0.15, 0.2) is 24.3 Å². The number of nitrogens with one attached hydrogen (secondary N) is 1. The van der Waals surface area contributed by atoms with Gasteiger partial charge in [-0.1, -0.05) is 282 Å². The Balaban J connectivity index is 3.47. The number of amides is 1. The minimum Gasteiger partial charge on any atom is -0.466 e. The molecule has 3 N–H and O–H groups in total. The van der Waals surface area contributed by atoms with Gasteiger partial charge in [0, 0.05) is 12.8 Å². The fourth-order valence-electron chi connectivity index (χ4n) is 9.34. The Morgan fingerprint density at radius 2 is 0.701 bits per heavy atom. The molecule has 0 saturated carbocycles. The number of aliphatic hydroxyl groups is 2. The van der Waals surface area contributed by atoms with Crippen LogP contribution in [0.4, 0.5) is 0 Å². The number of hydrogen-bond acceptors (Lipinski definition) is 5. The zero-order valence-electron chi connectivity index (χ0n) is 45.1. The molecule has 1 amide bonds. The number of hydrogen-bond donors (Lipinski definition) is 3. The van der Waals surface area contributed by atoms with E-state index in [0.29, 0.717) is 19.4 Å². The quantitative estimate of drug-likeness (QED) is 0.0321. The topological polar surface area (TPSA) is 95.9 Å². The van der Waals surface area contributed by atoms with Crippen LogP contribution < -0.4 is 5.32 Å². The zero-order valence-corrected chi connectivity index (χ0v) is 45.1. The number of carbonyl (C=O) groups excluding carboxylic acids is 2. The van der Waals surface area contributed by atoms with Crippen molar-refractivity contribution in [3.05, 3.63) is 24.3 Å². The lowest BCUT2D eigenvalue weighted by Gasteiger charge is -2.20. The number of esters is 1. The highest BCUT2D eigenvalue weighted by Gasteiger charge is 2.18. The second-order valence-corrected chi connectivity index (χ2v) is 20.7. The molecule has 0 aromatic rings. The molecule has 2 atom stereocenters. The SMILES string of the molecule is CCCCCCCCC/C=C\CCCCCCCC(=O)OCCCCCCCCCCCCCCCCC(=O)NC(CO)C(O)/C=C/CCCCCCCCCCCCCCCCCCCC. The van der Waals surface area contributed by atoms with Crippen molar-refractivity contribution >= 4 is 11.9 Å². The van der Waals surface area contributed by atoms with Gasteiger partial charge in [-0.05, 0) is 57.8 Å². The van der Waals surface area contributed by atoms with E-state index < -0.39 is 12.1 Å². The summed E-state index contributed by atoms with van der Waals surface area (Å²) in [5, 5.41) is 23.2. The first-order valence-electron chi connectivity index (χ1n) is 30.1. The summed E-state index contributed by atoms with van der Waals surface area (Å²) in [4.78, 5) is 24.5. The van der Waals surface area contributed by atoms with Gasteiger partial charge in [0.05, 0.1) is 25.4 Å². The summed E-state index contributed by atoms with van der Waals surface area (Å²) in [6, 6.07) is -0.637. The van der Waals surface area contributed by atoms with Crippen molar-refractivity contribution < 1.29 is 24.5 Å². The van der Waals surface area contributed by atoms with Crippen LogP contribution in [0.25, 0.3) is 0 Å². The molecule has 0 saturated heterocycles. The predicted octanol–water partition coefficient (Wildman–Crippen LogP) is 18.6. The van der Waals surface area contributed by atoms with Crippen LogP contribution in [0.2, 0.25) is 0 Å². The molecule has 0 bridgehead atoms. The Kier molecular flexibility index (Phi) is 55.5. The number of ether oxygens (including phenoxy) is 1. The van der Waals surface area contributed by atoms with Crippen molar-refractivity contribution in [2.45, 2.75) is 341 Å². The lowest BCUT2D eigenvalue weighted by Crippen LogP contribution is -2.45. The molecule has 0 aliphatic carbocycles. The van der Waals surface area contributed by atoms with Crippen molar-refractivity contribution in [2.75, 3.05) is 13.2 Å². The predicted molar refractivity (Wildman–Crippen MR) is 292 cm³/mol. The molecule has 67 heavy (non-hydrogen) atoms. The number of aliphatic hydroxyl groups excluding tert-OH is 2. The molecule has 0 aliphatic heterocycles. The molecule has 6 heteroatoms. The number of rotatable bonds is 56. The zero-order chi connectivity index (χ0) is 48.6. The van der Waals surface area contributed by atoms with Gasteiger partial charge >= 0.3 is 5.97 Å². The summed E-state index contributed by atoms with van der Waals surface area (Å²) in [7, 11) is 0. The molecule has 0 aromatic heterocycles. The van der Waals surface area contributed by atoms with E-state index in [4.69, 9.17) is 4.74 Å². The van der Waals surface area contributed by atoms with Gasteiger partial charge in [0.25, 0.3) is 0 Å². The van der Waals surface area contributed by atoms with Crippen LogP contribution in [-0.4, -0.2) is 47.4 Å². The number of unbranched alkanes of at least 4 members (excludes halogenated alkanes) is 43. The Labute approximate surface area is 418 Å². The molecule has 0 aromatic carbocycles. The smallest absolute Gasteiger partial charge is 0.305 e. The molecule has 0 fully saturated rings. The van der Waals surface area contributed by atoms with Crippen molar-refractivity contribution in [2.24, 2.45) is 0 Å². The van der Waals surface area contributed by atoms with Crippen LogP contribution in [0.3, 0.4) is 0 Å². The van der Waals surface area contributed by atoms with E-state index in [1.807, 2.05) is 6.08 Å². The molecular formula is C61H117NO5. The van der Waals surface area contributed by atoms with E-state index in [9.17, 15) is 19.8 Å². The fraction of sp³-hybridized carbons (Fsp3) is 0.902. The highest BCUT2D eigenvalue weighted by molar-refractivity contribution is 5.76. The average Bonchev–Trinajstić information content (AvgIpc) is 3.33. The van der Waals surface area contributed by atoms with Crippen molar-refractivity contribution in [1.29, 1.82) is 0 Å². The molecular weight excluding hydrogens is 827 g/mol. The Hall–Kier alpha value is -1.66. The third kappa shape index (κ3) is 53.5. The van der Waals surface area contributed by atoms with Crippen LogP contribution in [0, 0.1) is 0 Å². The first-order valence-corrected chi connectivity index (χ1v) is 30.1. The standard InChI is InChI=1S/C61H117NO5/c1-3-5-7-9-11-13-15-17-19-21-22-23-24-25-29-33-37-41-45-49-53-59(64)58(57-63)62-60(65)54-50-46-42-38-34-30-27-28-32-36-40-44-48-52-56-67-61(66)55-51-47-43-39-35-31-26-20-18-16-14-12-10-8-6-4-2/h20,26,49,53,58-59,63-64H,3-19,21-25,27-48,50-52,54-57H2,1-2H3,(H,62,65)/b26-20-,53-49+. The molecule has 2 unspecified atom stereocenters. The fourth-order valence-corrected chi connectivity index (χ4v) is 9.34. The van der Waals surface area contributed by atoms with Gasteiger partial charge in [0.15, 0.2) is 0 Å². The van der Waals surface area contributed by atoms with Crippen LogP contribution >= 0.6 is 0 Å². The first kappa shape index (κ1) is 65.3. The lowest BCUT2D eigenvalue weighted by molar-refractivity contribution is -0.143. The minimum absolute atomic E-state index is 0.0102. The van der Waals surface area contributed by atoms with Gasteiger partial charge in [-0.2, -0.15) is 0 Å². The number of carbonyl (C=O) groups is 2. The minimum atomic E-state index is -0.852. The summed E-state index contributed by atoms with van der Waals surface area (Å²) >= 11 is 0. The normalized spacial score (nSPS) is 12.7. The molecule has 0 aliphatic rings. The van der Waals surface area contributed by atoms with E-state index in [1.165, 1.54) is 244 Å². The third-order valence-electron chi connectivity index (χ3n) is 14.0. The molecule has 0 spiro atoms. The van der Waals surface area contributed by atoms with E-state index in [1.54, 1.807) is 6.08 Å². The van der Waals surface area contributed by atoms with Crippen molar-refractivity contribution in [1.82, 2.24) is 5.32 Å². The summed E-state index contributed by atoms with van der Waals surface area (Å²) in [6.07, 6.45) is 69.1. The highest BCUT2D eigenvalue weighted by atomic mass is 16.5. The molecule has 0 radical (unpaired) electrons. The van der Waals surface area contributed by atoms with Gasteiger partial charge in [-0.15, -0.1) is 0 Å². The Bertz CT molecular complexity index is 1040. The third-order valence-corrected chi connectivity index (χ3v) is 14.0. The van der Waals surface area contributed by atoms with Gasteiger partial charge < -0.3 is 20.3 Å². The lowest BCUT2D eigenvalue weighted by atomic mass is 10.0. The van der Waals surface area contributed by atoms with Gasteiger partial charge in [0.2, 0.25) is 5.91 Å². The van der Waals surface area contributed by atoms with Crippen molar-refractivity contribution in [3.63, 3.8) is 0 Å². The maximum absolute atomic E-state index is 12.5. The van der Waals surface area contributed by atoms with Crippen LogP contribution in [0.5, 0.6) is 0 Å². The Morgan fingerprint density at radius 3 is 1.06 bits per heavy atom. The largest absolute Gasteiger partial charge is 0.466 e. The van der Waals surface area contributed by atoms with Gasteiger partial charge in [-0.25, -0.2) is 0 Å². The van der Waals surface area contributed by atoms with Gasteiger partial charge in [-0.3, -0.25) is 9.59 Å². The molecule has 0 heterocycles. The second-order valence-electron chi connectivity index (χ2n) is 20.7.